The predicted molar refractivity (Wildman–Crippen MR) is 97.5 cm³/mol. The Morgan fingerprint density at radius 1 is 1.12 bits per heavy atom. The van der Waals surface area contributed by atoms with Gasteiger partial charge in [0.15, 0.2) is 11.5 Å². The van der Waals surface area contributed by atoms with Crippen molar-refractivity contribution in [3.8, 4) is 11.5 Å². The average molecular weight is 364 g/mol. The molecule has 0 atom stereocenters. The lowest BCUT2D eigenvalue weighted by atomic mass is 10.2. The fraction of sp³-hybridized carbons (Fsp3) is 0.278. The van der Waals surface area contributed by atoms with E-state index in [1.165, 1.54) is 0 Å². The van der Waals surface area contributed by atoms with Crippen molar-refractivity contribution in [2.45, 2.75) is 17.7 Å². The quantitative estimate of drug-likeness (QED) is 0.787. The van der Waals surface area contributed by atoms with E-state index in [1.54, 1.807) is 23.9 Å². The van der Waals surface area contributed by atoms with E-state index in [0.717, 1.165) is 11.3 Å². The summed E-state index contributed by atoms with van der Waals surface area (Å²) in [6, 6.07) is 13.4. The van der Waals surface area contributed by atoms with Crippen LogP contribution in [0.3, 0.4) is 0 Å². The van der Waals surface area contributed by atoms with Gasteiger partial charge in [-0.05, 0) is 12.1 Å². The number of halogens is 1. The van der Waals surface area contributed by atoms with Gasteiger partial charge in [0.05, 0.1) is 23.9 Å². The Hall–Kier alpha value is -1.85. The molecule has 2 aromatic rings. The van der Waals surface area contributed by atoms with Crippen LogP contribution >= 0.6 is 23.4 Å². The third-order valence-electron chi connectivity index (χ3n) is 3.45. The SMILES string of the molecule is O=C(CCSc1ccccc1)Nc1cc2c(cc1Cl)OCCCO2. The molecule has 1 aliphatic rings. The number of carbonyl (C=O) groups is 1. The number of rotatable bonds is 5. The monoisotopic (exact) mass is 363 g/mol. The molecule has 6 heteroatoms. The summed E-state index contributed by atoms with van der Waals surface area (Å²) in [6.45, 7) is 1.20. The van der Waals surface area contributed by atoms with Gasteiger partial charge in [-0.15, -0.1) is 11.8 Å². The summed E-state index contributed by atoms with van der Waals surface area (Å²) in [5.74, 6) is 1.87. The molecule has 1 aliphatic heterocycles. The molecule has 1 heterocycles. The molecule has 0 aliphatic carbocycles. The van der Waals surface area contributed by atoms with E-state index in [-0.39, 0.29) is 5.91 Å². The van der Waals surface area contributed by atoms with Crippen molar-refractivity contribution >= 4 is 35.0 Å². The van der Waals surface area contributed by atoms with Crippen molar-refractivity contribution in [3.63, 3.8) is 0 Å². The minimum absolute atomic E-state index is 0.0742. The Balaban J connectivity index is 1.57. The molecule has 2 aromatic carbocycles. The van der Waals surface area contributed by atoms with E-state index in [0.29, 0.717) is 47.6 Å². The van der Waals surface area contributed by atoms with Crippen LogP contribution in [-0.2, 0) is 4.79 Å². The van der Waals surface area contributed by atoms with E-state index in [1.807, 2.05) is 30.3 Å². The summed E-state index contributed by atoms with van der Waals surface area (Å²) in [5.41, 5.74) is 0.552. The molecular weight excluding hydrogens is 346 g/mol. The molecule has 1 amide bonds. The molecule has 4 nitrogen and oxygen atoms in total. The highest BCUT2D eigenvalue weighted by Crippen LogP contribution is 2.37. The molecule has 0 fully saturated rings. The van der Waals surface area contributed by atoms with Crippen LogP contribution < -0.4 is 14.8 Å². The minimum atomic E-state index is -0.0742. The number of ether oxygens (including phenoxy) is 2. The van der Waals surface area contributed by atoms with Crippen molar-refractivity contribution in [2.24, 2.45) is 0 Å². The zero-order chi connectivity index (χ0) is 16.8. The number of benzene rings is 2. The van der Waals surface area contributed by atoms with E-state index < -0.39 is 0 Å². The number of fused-ring (bicyclic) bond motifs is 1. The first-order valence-corrected chi connectivity index (χ1v) is 9.15. The van der Waals surface area contributed by atoms with Gasteiger partial charge in [0.2, 0.25) is 5.91 Å². The summed E-state index contributed by atoms with van der Waals surface area (Å²) in [5, 5.41) is 3.29. The first-order chi connectivity index (χ1) is 11.7. The van der Waals surface area contributed by atoms with Crippen molar-refractivity contribution in [2.75, 3.05) is 24.3 Å². The number of nitrogens with one attached hydrogen (secondary N) is 1. The molecule has 0 unspecified atom stereocenters. The van der Waals surface area contributed by atoms with Crippen molar-refractivity contribution in [1.29, 1.82) is 0 Å². The number of anilines is 1. The molecule has 0 saturated carbocycles. The molecular formula is C18H18ClNO3S. The topological polar surface area (TPSA) is 47.6 Å². The first kappa shape index (κ1) is 17.0. The van der Waals surface area contributed by atoms with Crippen LogP contribution in [-0.4, -0.2) is 24.9 Å². The second-order valence-corrected chi connectivity index (χ2v) is 6.86. The van der Waals surface area contributed by atoms with Crippen LogP contribution in [0.25, 0.3) is 0 Å². The number of hydrogen-bond donors (Lipinski definition) is 1. The van der Waals surface area contributed by atoms with Crippen LogP contribution in [0.5, 0.6) is 11.5 Å². The largest absolute Gasteiger partial charge is 0.490 e. The number of amides is 1. The zero-order valence-electron chi connectivity index (χ0n) is 13.1. The van der Waals surface area contributed by atoms with Gasteiger partial charge >= 0.3 is 0 Å². The zero-order valence-corrected chi connectivity index (χ0v) is 14.7. The smallest absolute Gasteiger partial charge is 0.225 e. The summed E-state index contributed by atoms with van der Waals surface area (Å²) >= 11 is 7.88. The van der Waals surface area contributed by atoms with Crippen LogP contribution in [0.15, 0.2) is 47.4 Å². The van der Waals surface area contributed by atoms with Gasteiger partial charge in [-0.25, -0.2) is 0 Å². The van der Waals surface area contributed by atoms with Gasteiger partial charge in [0.25, 0.3) is 0 Å². The lowest BCUT2D eigenvalue weighted by Gasteiger charge is -2.12. The van der Waals surface area contributed by atoms with E-state index in [4.69, 9.17) is 21.1 Å². The average Bonchev–Trinajstić information content (AvgIpc) is 2.81. The van der Waals surface area contributed by atoms with Gasteiger partial charge in [-0.1, -0.05) is 29.8 Å². The van der Waals surface area contributed by atoms with Crippen molar-refractivity contribution in [3.05, 3.63) is 47.5 Å². The molecule has 3 rings (SSSR count). The summed E-state index contributed by atoms with van der Waals surface area (Å²) in [7, 11) is 0. The molecule has 1 N–H and O–H groups in total. The molecule has 0 saturated heterocycles. The van der Waals surface area contributed by atoms with Gasteiger partial charge in [-0.2, -0.15) is 0 Å². The Labute approximate surface area is 150 Å². The Kier molecular flexibility index (Phi) is 5.88. The number of carbonyl (C=O) groups excluding carboxylic acids is 1. The highest BCUT2D eigenvalue weighted by atomic mass is 35.5. The summed E-state index contributed by atoms with van der Waals surface area (Å²) in [4.78, 5) is 13.3. The maximum absolute atomic E-state index is 12.1. The van der Waals surface area contributed by atoms with E-state index >= 15 is 0 Å². The maximum atomic E-state index is 12.1. The van der Waals surface area contributed by atoms with Crippen molar-refractivity contribution in [1.82, 2.24) is 0 Å². The first-order valence-electron chi connectivity index (χ1n) is 7.79. The lowest BCUT2D eigenvalue weighted by molar-refractivity contribution is -0.115. The molecule has 0 spiro atoms. The third kappa shape index (κ3) is 4.58. The van der Waals surface area contributed by atoms with Crippen LogP contribution in [0, 0.1) is 0 Å². The normalized spacial score (nSPS) is 13.2. The second kappa shape index (κ2) is 8.31. The van der Waals surface area contributed by atoms with Gasteiger partial charge in [-0.3, -0.25) is 4.79 Å². The van der Waals surface area contributed by atoms with Crippen molar-refractivity contribution < 1.29 is 14.3 Å². The van der Waals surface area contributed by atoms with E-state index in [2.05, 4.69) is 5.32 Å². The fourth-order valence-electron chi connectivity index (χ4n) is 2.27. The lowest BCUT2D eigenvalue weighted by Crippen LogP contribution is -2.12. The Bertz CT molecular complexity index is 709. The number of thioether (sulfide) groups is 1. The predicted octanol–water partition coefficient (Wildman–Crippen LogP) is 4.62. The highest BCUT2D eigenvalue weighted by Gasteiger charge is 2.15. The second-order valence-electron chi connectivity index (χ2n) is 5.29. The molecule has 0 radical (unpaired) electrons. The highest BCUT2D eigenvalue weighted by molar-refractivity contribution is 7.99. The van der Waals surface area contributed by atoms with Gasteiger partial charge in [0.1, 0.15) is 0 Å². The maximum Gasteiger partial charge on any atom is 0.225 e. The summed E-state index contributed by atoms with van der Waals surface area (Å²) < 4.78 is 11.2. The molecule has 126 valence electrons. The fourth-order valence-corrected chi connectivity index (χ4v) is 3.34. The molecule has 24 heavy (non-hydrogen) atoms. The summed E-state index contributed by atoms with van der Waals surface area (Å²) in [6.07, 6.45) is 1.23. The van der Waals surface area contributed by atoms with E-state index in [9.17, 15) is 4.79 Å². The molecule has 0 aromatic heterocycles. The van der Waals surface area contributed by atoms with Gasteiger partial charge in [0, 0.05) is 35.6 Å². The molecule has 0 bridgehead atoms. The van der Waals surface area contributed by atoms with Crippen LogP contribution in [0.4, 0.5) is 5.69 Å². The van der Waals surface area contributed by atoms with Crippen LogP contribution in [0.2, 0.25) is 5.02 Å². The third-order valence-corrected chi connectivity index (χ3v) is 4.78. The Morgan fingerprint density at radius 3 is 2.58 bits per heavy atom. The van der Waals surface area contributed by atoms with Gasteiger partial charge < -0.3 is 14.8 Å². The number of hydrogen-bond acceptors (Lipinski definition) is 4. The minimum Gasteiger partial charge on any atom is -0.490 e. The Morgan fingerprint density at radius 2 is 1.83 bits per heavy atom. The van der Waals surface area contributed by atoms with Crippen LogP contribution in [0.1, 0.15) is 12.8 Å². The standard InChI is InChI=1S/C18H18ClNO3S/c19-14-11-16-17(23-9-4-8-22-16)12-15(14)20-18(21)7-10-24-13-5-2-1-3-6-13/h1-3,5-6,11-12H,4,7-10H2,(H,20,21).